The summed E-state index contributed by atoms with van der Waals surface area (Å²) in [6.07, 6.45) is 4.05. The lowest BCUT2D eigenvalue weighted by Gasteiger charge is -2.41. The van der Waals surface area contributed by atoms with E-state index in [1.807, 2.05) is 30.0 Å². The van der Waals surface area contributed by atoms with E-state index in [0.717, 1.165) is 19.4 Å². The summed E-state index contributed by atoms with van der Waals surface area (Å²) in [6.45, 7) is 4.14. The van der Waals surface area contributed by atoms with E-state index in [2.05, 4.69) is 12.1 Å². The topological polar surface area (TPSA) is 46.3 Å². The highest BCUT2D eigenvalue weighted by atomic mass is 16.2. The van der Waals surface area contributed by atoms with E-state index in [4.69, 9.17) is 5.73 Å². The number of carbonyl (C=O) groups is 1. The molecule has 0 heterocycles. The fourth-order valence-electron chi connectivity index (χ4n) is 2.74. The van der Waals surface area contributed by atoms with Crippen molar-refractivity contribution in [3.63, 3.8) is 0 Å². The van der Waals surface area contributed by atoms with Gasteiger partial charge in [-0.15, -0.1) is 0 Å². The third-order valence-electron chi connectivity index (χ3n) is 4.32. The average Bonchev–Trinajstić information content (AvgIpc) is 2.41. The first-order valence-corrected chi connectivity index (χ1v) is 7.21. The second kappa shape index (κ2) is 6.20. The number of amides is 1. The Kier molecular flexibility index (Phi) is 4.59. The van der Waals surface area contributed by atoms with Crippen LogP contribution in [0.4, 0.5) is 0 Å². The van der Waals surface area contributed by atoms with Crippen LogP contribution in [0.15, 0.2) is 30.3 Å². The van der Waals surface area contributed by atoms with E-state index in [9.17, 15) is 4.79 Å². The maximum atomic E-state index is 12.4. The van der Waals surface area contributed by atoms with Crippen molar-refractivity contribution < 1.29 is 4.79 Å². The molecule has 0 bridgehead atoms. The molecule has 0 saturated heterocycles. The van der Waals surface area contributed by atoms with Crippen LogP contribution in [0, 0.1) is 5.41 Å². The summed E-state index contributed by atoms with van der Waals surface area (Å²) in [5.41, 5.74) is 7.13. The third-order valence-corrected chi connectivity index (χ3v) is 4.32. The molecule has 0 atom stereocenters. The van der Waals surface area contributed by atoms with E-state index in [1.54, 1.807) is 0 Å². The van der Waals surface area contributed by atoms with Crippen LogP contribution in [-0.4, -0.2) is 23.9 Å². The summed E-state index contributed by atoms with van der Waals surface area (Å²) in [7, 11) is 0. The summed E-state index contributed by atoms with van der Waals surface area (Å²) in [5, 5.41) is 0. The van der Waals surface area contributed by atoms with Gasteiger partial charge in [-0.25, -0.2) is 0 Å². The molecule has 2 N–H and O–H groups in total. The maximum absolute atomic E-state index is 12.4. The van der Waals surface area contributed by atoms with Gasteiger partial charge in [0.15, 0.2) is 0 Å². The molecule has 1 saturated carbocycles. The van der Waals surface area contributed by atoms with Crippen molar-refractivity contribution in [1.29, 1.82) is 0 Å². The van der Waals surface area contributed by atoms with Crippen LogP contribution in [-0.2, 0) is 11.3 Å². The highest BCUT2D eigenvalue weighted by Gasteiger charge is 2.38. The van der Waals surface area contributed by atoms with Crippen molar-refractivity contribution in [1.82, 2.24) is 4.90 Å². The number of rotatable bonds is 6. The van der Waals surface area contributed by atoms with Crippen molar-refractivity contribution in [2.75, 3.05) is 13.1 Å². The Morgan fingerprint density at radius 3 is 2.47 bits per heavy atom. The minimum Gasteiger partial charge on any atom is -0.339 e. The van der Waals surface area contributed by atoms with Gasteiger partial charge in [-0.05, 0) is 37.3 Å². The van der Waals surface area contributed by atoms with Gasteiger partial charge in [0, 0.05) is 19.5 Å². The standard InChI is InChI=1S/C16H24N2O/c1-2-18(12-14-7-4-3-5-8-14)15(19)11-16(13-17)9-6-10-16/h3-5,7-8H,2,6,9-13,17H2,1H3. The van der Waals surface area contributed by atoms with Crippen LogP contribution < -0.4 is 5.73 Å². The van der Waals surface area contributed by atoms with Gasteiger partial charge in [-0.1, -0.05) is 36.8 Å². The molecule has 3 nitrogen and oxygen atoms in total. The Balaban J connectivity index is 1.95. The molecule has 0 aromatic heterocycles. The summed E-state index contributed by atoms with van der Waals surface area (Å²) in [6, 6.07) is 10.2. The number of carbonyl (C=O) groups excluding carboxylic acids is 1. The summed E-state index contributed by atoms with van der Waals surface area (Å²) in [4.78, 5) is 14.4. The maximum Gasteiger partial charge on any atom is 0.223 e. The van der Waals surface area contributed by atoms with Gasteiger partial charge in [-0.3, -0.25) is 4.79 Å². The molecule has 1 amide bonds. The number of hydrogen-bond donors (Lipinski definition) is 1. The molecule has 0 aliphatic heterocycles. The Morgan fingerprint density at radius 2 is 2.00 bits per heavy atom. The molecule has 1 aromatic rings. The quantitative estimate of drug-likeness (QED) is 0.854. The third kappa shape index (κ3) is 3.35. The largest absolute Gasteiger partial charge is 0.339 e. The zero-order valence-corrected chi connectivity index (χ0v) is 11.8. The van der Waals surface area contributed by atoms with E-state index in [0.29, 0.717) is 19.5 Å². The zero-order chi connectivity index (χ0) is 13.7. The lowest BCUT2D eigenvalue weighted by molar-refractivity contribution is -0.135. The second-order valence-electron chi connectivity index (χ2n) is 5.63. The summed E-state index contributed by atoms with van der Waals surface area (Å²) >= 11 is 0. The molecule has 0 unspecified atom stereocenters. The van der Waals surface area contributed by atoms with Crippen molar-refractivity contribution >= 4 is 5.91 Å². The number of nitrogens with zero attached hydrogens (tertiary/aromatic N) is 1. The van der Waals surface area contributed by atoms with Crippen molar-refractivity contribution in [3.8, 4) is 0 Å². The van der Waals surface area contributed by atoms with Gasteiger partial charge in [0.05, 0.1) is 0 Å². The van der Waals surface area contributed by atoms with Gasteiger partial charge in [0.2, 0.25) is 5.91 Å². The first-order valence-electron chi connectivity index (χ1n) is 7.21. The first-order chi connectivity index (χ1) is 9.19. The molecule has 19 heavy (non-hydrogen) atoms. The van der Waals surface area contributed by atoms with Crippen LogP contribution in [0.3, 0.4) is 0 Å². The molecule has 2 rings (SSSR count). The van der Waals surface area contributed by atoms with Crippen molar-refractivity contribution in [2.24, 2.45) is 11.1 Å². The number of benzene rings is 1. The van der Waals surface area contributed by atoms with E-state index < -0.39 is 0 Å². The molecule has 0 radical (unpaired) electrons. The van der Waals surface area contributed by atoms with Crippen LogP contribution in [0.25, 0.3) is 0 Å². The van der Waals surface area contributed by atoms with Crippen molar-refractivity contribution in [2.45, 2.75) is 39.2 Å². The fourth-order valence-corrected chi connectivity index (χ4v) is 2.74. The van der Waals surface area contributed by atoms with Gasteiger partial charge in [0.25, 0.3) is 0 Å². The van der Waals surface area contributed by atoms with Crippen LogP contribution in [0.1, 0.15) is 38.2 Å². The summed E-state index contributed by atoms with van der Waals surface area (Å²) in [5.74, 6) is 0.247. The second-order valence-corrected chi connectivity index (χ2v) is 5.63. The predicted molar refractivity (Wildman–Crippen MR) is 77.5 cm³/mol. The lowest BCUT2D eigenvalue weighted by atomic mass is 9.66. The number of nitrogens with two attached hydrogens (primary N) is 1. The molecule has 0 spiro atoms. The van der Waals surface area contributed by atoms with Gasteiger partial charge in [0.1, 0.15) is 0 Å². The Labute approximate surface area is 115 Å². The minimum absolute atomic E-state index is 0.0984. The smallest absolute Gasteiger partial charge is 0.223 e. The number of hydrogen-bond acceptors (Lipinski definition) is 2. The molecule has 104 valence electrons. The molecule has 1 aliphatic carbocycles. The molecule has 1 fully saturated rings. The predicted octanol–water partition coefficient (Wildman–Crippen LogP) is 2.55. The van der Waals surface area contributed by atoms with E-state index in [-0.39, 0.29) is 11.3 Å². The summed E-state index contributed by atoms with van der Waals surface area (Å²) < 4.78 is 0. The SMILES string of the molecule is CCN(Cc1ccccc1)C(=O)CC1(CN)CCC1. The van der Waals surface area contributed by atoms with Gasteiger partial charge < -0.3 is 10.6 Å². The minimum atomic E-state index is 0.0984. The van der Waals surface area contributed by atoms with Crippen LogP contribution in [0.5, 0.6) is 0 Å². The Morgan fingerprint density at radius 1 is 1.32 bits per heavy atom. The first kappa shape index (κ1) is 14.1. The van der Waals surface area contributed by atoms with E-state index >= 15 is 0 Å². The highest BCUT2D eigenvalue weighted by molar-refractivity contribution is 5.77. The van der Waals surface area contributed by atoms with Crippen molar-refractivity contribution in [3.05, 3.63) is 35.9 Å². The van der Waals surface area contributed by atoms with Crippen LogP contribution >= 0.6 is 0 Å². The normalized spacial score (nSPS) is 16.7. The average molecular weight is 260 g/mol. The molecular formula is C16H24N2O. The van der Waals surface area contributed by atoms with Crippen LogP contribution in [0.2, 0.25) is 0 Å². The molecule has 1 aromatic carbocycles. The van der Waals surface area contributed by atoms with E-state index in [1.165, 1.54) is 12.0 Å². The van der Waals surface area contributed by atoms with Gasteiger partial charge >= 0.3 is 0 Å². The Hall–Kier alpha value is -1.35. The molecule has 3 heteroatoms. The molecular weight excluding hydrogens is 236 g/mol. The van der Waals surface area contributed by atoms with Gasteiger partial charge in [-0.2, -0.15) is 0 Å². The zero-order valence-electron chi connectivity index (χ0n) is 11.8. The fraction of sp³-hybridized carbons (Fsp3) is 0.562. The monoisotopic (exact) mass is 260 g/mol. The highest BCUT2D eigenvalue weighted by Crippen LogP contribution is 2.43. The molecule has 1 aliphatic rings. The lowest BCUT2D eigenvalue weighted by Crippen LogP contribution is -2.43. The Bertz CT molecular complexity index is 407.